The lowest BCUT2D eigenvalue weighted by Crippen LogP contribution is -1.90. The van der Waals surface area contributed by atoms with Gasteiger partial charge in [-0.2, -0.15) is 0 Å². The summed E-state index contributed by atoms with van der Waals surface area (Å²) in [5, 5.41) is 8.87. The van der Waals surface area contributed by atoms with Crippen LogP contribution in [0, 0.1) is 11.8 Å². The third kappa shape index (κ3) is 3.18. The average molecular weight is 195 g/mol. The maximum Gasteiger partial charge on any atom is 0.315 e. The monoisotopic (exact) mass is 194 g/mol. The minimum atomic E-state index is -0.931. The van der Waals surface area contributed by atoms with Gasteiger partial charge in [-0.25, -0.2) is 0 Å². The second-order valence-corrected chi connectivity index (χ2v) is 2.76. The molecule has 1 rings (SSSR count). The van der Waals surface area contributed by atoms with E-state index in [1.165, 1.54) is 0 Å². The van der Waals surface area contributed by atoms with Crippen LogP contribution in [-0.2, 0) is 4.79 Å². The lowest BCUT2D eigenvalue weighted by atomic mass is 10.2. The van der Waals surface area contributed by atoms with Crippen molar-refractivity contribution in [3.8, 4) is 11.8 Å². The van der Waals surface area contributed by atoms with Gasteiger partial charge in [-0.1, -0.05) is 35.6 Å². The molecule has 0 atom stereocenters. The quantitative estimate of drug-likeness (QED) is 0.696. The van der Waals surface area contributed by atoms with Gasteiger partial charge < -0.3 is 5.11 Å². The number of carboxylic acids is 1. The van der Waals surface area contributed by atoms with Crippen LogP contribution in [0.3, 0.4) is 0 Å². The molecule has 0 aliphatic carbocycles. The first-order chi connectivity index (χ1) is 6.20. The lowest BCUT2D eigenvalue weighted by molar-refractivity contribution is -0.135. The van der Waals surface area contributed by atoms with Gasteiger partial charge in [-0.15, -0.1) is 0 Å². The van der Waals surface area contributed by atoms with Crippen molar-refractivity contribution in [1.82, 2.24) is 0 Å². The van der Waals surface area contributed by atoms with Gasteiger partial charge in [-0.3, -0.25) is 4.79 Å². The summed E-state index contributed by atoms with van der Waals surface area (Å²) in [5.74, 6) is 4.26. The first-order valence-electron chi connectivity index (χ1n) is 3.65. The summed E-state index contributed by atoms with van der Waals surface area (Å²) in [7, 11) is 0. The summed E-state index contributed by atoms with van der Waals surface area (Å²) >= 11 is 5.79. The number of carboxylic acid groups (broad SMARTS) is 1. The molecular formula is C10H7ClO2. The number of hydrogen-bond donors (Lipinski definition) is 1. The second kappa shape index (κ2) is 4.54. The molecule has 1 aromatic carbocycles. The number of halogens is 1. The molecular weight excluding hydrogens is 188 g/mol. The molecule has 13 heavy (non-hydrogen) atoms. The Labute approximate surface area is 81.1 Å². The van der Waals surface area contributed by atoms with Crippen LogP contribution >= 0.6 is 11.6 Å². The molecule has 0 heterocycles. The third-order valence-electron chi connectivity index (χ3n) is 1.34. The van der Waals surface area contributed by atoms with Crippen LogP contribution in [0.4, 0.5) is 0 Å². The van der Waals surface area contributed by atoms with Gasteiger partial charge in [0.25, 0.3) is 0 Å². The number of hydrogen-bond acceptors (Lipinski definition) is 1. The van der Waals surface area contributed by atoms with Gasteiger partial charge in [0.05, 0.1) is 5.02 Å². The van der Waals surface area contributed by atoms with E-state index in [1.807, 2.05) is 0 Å². The number of carbonyl (C=O) groups is 1. The Kier molecular flexibility index (Phi) is 3.36. The smallest absolute Gasteiger partial charge is 0.315 e. The van der Waals surface area contributed by atoms with Crippen LogP contribution in [0.15, 0.2) is 24.3 Å². The highest BCUT2D eigenvalue weighted by molar-refractivity contribution is 6.31. The molecule has 0 aliphatic heterocycles. The summed E-state index contributed by atoms with van der Waals surface area (Å²) in [6.45, 7) is 0. The zero-order valence-corrected chi connectivity index (χ0v) is 7.51. The fraction of sp³-hybridized carbons (Fsp3) is 0.100. The molecule has 0 saturated carbocycles. The van der Waals surface area contributed by atoms with Crippen LogP contribution in [0.25, 0.3) is 0 Å². The normalized spacial score (nSPS) is 8.69. The average Bonchev–Trinajstić information content (AvgIpc) is 2.08. The molecule has 1 N–H and O–H groups in total. The van der Waals surface area contributed by atoms with Crippen LogP contribution in [0.2, 0.25) is 5.02 Å². The maximum absolute atomic E-state index is 10.1. The molecule has 1 aromatic rings. The van der Waals surface area contributed by atoms with Crippen molar-refractivity contribution in [3.63, 3.8) is 0 Å². The topological polar surface area (TPSA) is 37.3 Å². The van der Waals surface area contributed by atoms with Crippen molar-refractivity contribution < 1.29 is 9.90 Å². The van der Waals surface area contributed by atoms with Gasteiger partial charge in [0, 0.05) is 5.56 Å². The van der Waals surface area contributed by atoms with E-state index in [-0.39, 0.29) is 6.42 Å². The van der Waals surface area contributed by atoms with Crippen molar-refractivity contribution in [3.05, 3.63) is 34.9 Å². The fourth-order valence-corrected chi connectivity index (χ4v) is 0.961. The minimum Gasteiger partial charge on any atom is -0.481 e. The van der Waals surface area contributed by atoms with E-state index in [9.17, 15) is 4.79 Å². The highest BCUT2D eigenvalue weighted by Crippen LogP contribution is 2.12. The number of rotatable bonds is 1. The molecule has 66 valence electrons. The maximum atomic E-state index is 10.1. The van der Waals surface area contributed by atoms with Gasteiger partial charge in [0.2, 0.25) is 0 Å². The van der Waals surface area contributed by atoms with Crippen LogP contribution < -0.4 is 0 Å². The van der Waals surface area contributed by atoms with Crippen LogP contribution in [0.1, 0.15) is 12.0 Å². The summed E-state index contributed by atoms with van der Waals surface area (Å²) in [6.07, 6.45) is -0.161. The van der Waals surface area contributed by atoms with Crippen molar-refractivity contribution in [2.24, 2.45) is 0 Å². The first kappa shape index (κ1) is 9.63. The van der Waals surface area contributed by atoms with Crippen molar-refractivity contribution in [1.29, 1.82) is 0 Å². The molecule has 0 aromatic heterocycles. The van der Waals surface area contributed by atoms with Crippen LogP contribution in [0.5, 0.6) is 0 Å². The van der Waals surface area contributed by atoms with Crippen molar-refractivity contribution >= 4 is 17.6 Å². The minimum absolute atomic E-state index is 0.161. The highest BCUT2D eigenvalue weighted by Gasteiger charge is 1.93. The Hall–Kier alpha value is -1.46. The molecule has 2 nitrogen and oxygen atoms in total. The van der Waals surface area contributed by atoms with Gasteiger partial charge in [0.1, 0.15) is 6.42 Å². The molecule has 3 heteroatoms. The predicted molar refractivity (Wildman–Crippen MR) is 50.6 cm³/mol. The largest absolute Gasteiger partial charge is 0.481 e. The molecule has 0 amide bonds. The van der Waals surface area contributed by atoms with E-state index < -0.39 is 5.97 Å². The molecule has 0 spiro atoms. The van der Waals surface area contributed by atoms with Crippen molar-refractivity contribution in [2.45, 2.75) is 6.42 Å². The molecule has 0 saturated heterocycles. The standard InChI is InChI=1S/C10H7ClO2/c11-9-6-2-1-4-8(9)5-3-7-10(12)13/h1-2,4,6H,7H2,(H,12,13). The SMILES string of the molecule is O=C(O)CC#Cc1ccccc1Cl. The second-order valence-electron chi connectivity index (χ2n) is 2.35. The third-order valence-corrected chi connectivity index (χ3v) is 1.67. The molecule has 0 fully saturated rings. The first-order valence-corrected chi connectivity index (χ1v) is 4.03. The van der Waals surface area contributed by atoms with Gasteiger partial charge >= 0.3 is 5.97 Å². The van der Waals surface area contributed by atoms with Gasteiger partial charge in [-0.05, 0) is 12.1 Å². The zero-order chi connectivity index (χ0) is 9.68. The summed E-state index contributed by atoms with van der Waals surface area (Å²) in [5.41, 5.74) is 0.658. The Morgan fingerprint density at radius 2 is 2.15 bits per heavy atom. The number of aliphatic carboxylic acids is 1. The van der Waals surface area contributed by atoms with E-state index in [2.05, 4.69) is 11.8 Å². The lowest BCUT2D eigenvalue weighted by Gasteiger charge is -1.91. The van der Waals surface area contributed by atoms with E-state index in [4.69, 9.17) is 16.7 Å². The highest BCUT2D eigenvalue weighted by atomic mass is 35.5. The van der Waals surface area contributed by atoms with Crippen molar-refractivity contribution in [2.75, 3.05) is 0 Å². The van der Waals surface area contributed by atoms with E-state index in [0.717, 1.165) is 0 Å². The Balaban J connectivity index is 2.77. The van der Waals surface area contributed by atoms with Crippen LogP contribution in [-0.4, -0.2) is 11.1 Å². The Bertz CT molecular complexity index is 374. The molecule has 0 aliphatic rings. The predicted octanol–water partition coefficient (Wildman–Crippen LogP) is 2.17. The van der Waals surface area contributed by atoms with E-state index >= 15 is 0 Å². The molecule has 0 radical (unpaired) electrons. The van der Waals surface area contributed by atoms with E-state index in [0.29, 0.717) is 10.6 Å². The summed E-state index contributed by atoms with van der Waals surface area (Å²) in [4.78, 5) is 10.1. The molecule has 0 bridgehead atoms. The van der Waals surface area contributed by atoms with Gasteiger partial charge in [0.15, 0.2) is 0 Å². The van der Waals surface area contributed by atoms with E-state index in [1.54, 1.807) is 24.3 Å². The molecule has 0 unspecified atom stereocenters. The summed E-state index contributed by atoms with van der Waals surface area (Å²) < 4.78 is 0. The number of benzene rings is 1. The Morgan fingerprint density at radius 1 is 1.46 bits per heavy atom. The summed E-state index contributed by atoms with van der Waals surface area (Å²) in [6, 6.07) is 7.06. The Morgan fingerprint density at radius 3 is 2.77 bits per heavy atom. The zero-order valence-electron chi connectivity index (χ0n) is 6.75. The fourth-order valence-electron chi connectivity index (χ4n) is 0.778.